The van der Waals surface area contributed by atoms with E-state index in [1.807, 2.05) is 25.2 Å². The number of para-hydroxylation sites is 1. The molecule has 0 radical (unpaired) electrons. The fraction of sp³-hybridized carbons (Fsp3) is 0.294. The first-order chi connectivity index (χ1) is 9.20. The molecule has 0 aliphatic carbocycles. The molecule has 1 unspecified atom stereocenters. The lowest BCUT2D eigenvalue weighted by Crippen LogP contribution is -2.13. The van der Waals surface area contributed by atoms with E-state index in [-0.39, 0.29) is 6.04 Å². The van der Waals surface area contributed by atoms with Crippen molar-refractivity contribution in [3.8, 4) is 5.75 Å². The van der Waals surface area contributed by atoms with Crippen LogP contribution in [0.3, 0.4) is 0 Å². The molecule has 19 heavy (non-hydrogen) atoms. The van der Waals surface area contributed by atoms with Gasteiger partial charge in [0.1, 0.15) is 12.4 Å². The quantitative estimate of drug-likeness (QED) is 0.876. The van der Waals surface area contributed by atoms with E-state index in [1.54, 1.807) is 0 Å². The Balaban J connectivity index is 2.11. The normalized spacial score (nSPS) is 12.2. The molecule has 0 amide bonds. The van der Waals surface area contributed by atoms with E-state index in [0.717, 1.165) is 5.75 Å². The Morgan fingerprint density at radius 2 is 1.89 bits per heavy atom. The van der Waals surface area contributed by atoms with Crippen molar-refractivity contribution in [2.45, 2.75) is 26.5 Å². The number of hydrogen-bond acceptors (Lipinski definition) is 2. The van der Waals surface area contributed by atoms with Gasteiger partial charge in [-0.05, 0) is 32.5 Å². The molecule has 1 N–H and O–H groups in total. The highest BCUT2D eigenvalue weighted by molar-refractivity contribution is 5.36. The second-order valence-electron chi connectivity index (χ2n) is 4.83. The Bertz CT molecular complexity index is 536. The first kappa shape index (κ1) is 13.6. The van der Waals surface area contributed by atoms with Crippen LogP contribution in [0.2, 0.25) is 0 Å². The summed E-state index contributed by atoms with van der Waals surface area (Å²) < 4.78 is 5.96. The highest BCUT2D eigenvalue weighted by Gasteiger charge is 2.09. The number of benzene rings is 2. The van der Waals surface area contributed by atoms with E-state index in [0.29, 0.717) is 6.61 Å². The molecule has 0 heterocycles. The summed E-state index contributed by atoms with van der Waals surface area (Å²) in [6.07, 6.45) is 0. The zero-order valence-corrected chi connectivity index (χ0v) is 11.8. The molecule has 2 heteroatoms. The molecule has 100 valence electrons. The lowest BCUT2D eigenvalue weighted by atomic mass is 10.1. The first-order valence-electron chi connectivity index (χ1n) is 6.65. The van der Waals surface area contributed by atoms with Crippen LogP contribution >= 0.6 is 0 Å². The minimum absolute atomic E-state index is 0.286. The maximum Gasteiger partial charge on any atom is 0.124 e. The average molecular weight is 255 g/mol. The molecule has 0 aromatic heterocycles. The van der Waals surface area contributed by atoms with Crippen molar-refractivity contribution in [3.63, 3.8) is 0 Å². The molecule has 2 nitrogen and oxygen atoms in total. The van der Waals surface area contributed by atoms with Gasteiger partial charge in [0.05, 0.1) is 0 Å². The van der Waals surface area contributed by atoms with Crippen molar-refractivity contribution in [1.29, 1.82) is 0 Å². The van der Waals surface area contributed by atoms with Gasteiger partial charge >= 0.3 is 0 Å². The predicted octanol–water partition coefficient (Wildman–Crippen LogP) is 3.85. The minimum Gasteiger partial charge on any atom is -0.489 e. The first-order valence-corrected chi connectivity index (χ1v) is 6.65. The van der Waals surface area contributed by atoms with Crippen LogP contribution in [-0.4, -0.2) is 7.05 Å². The van der Waals surface area contributed by atoms with Crippen LogP contribution < -0.4 is 10.1 Å². The molecule has 0 spiro atoms. The molecule has 0 aliphatic heterocycles. The van der Waals surface area contributed by atoms with Gasteiger partial charge in [-0.2, -0.15) is 0 Å². The van der Waals surface area contributed by atoms with Gasteiger partial charge in [-0.3, -0.25) is 0 Å². The third-order valence-corrected chi connectivity index (χ3v) is 3.30. The number of hydrogen-bond donors (Lipinski definition) is 1. The number of ether oxygens (including phenoxy) is 1. The highest BCUT2D eigenvalue weighted by atomic mass is 16.5. The van der Waals surface area contributed by atoms with Crippen molar-refractivity contribution < 1.29 is 4.74 Å². The second kappa shape index (κ2) is 6.39. The molecule has 0 saturated heterocycles. The molecule has 0 aliphatic rings. The molecule has 2 rings (SSSR count). The van der Waals surface area contributed by atoms with Crippen LogP contribution in [0.15, 0.2) is 48.5 Å². The lowest BCUT2D eigenvalue weighted by Gasteiger charge is -2.16. The van der Waals surface area contributed by atoms with Gasteiger partial charge in [0.2, 0.25) is 0 Å². The molecule has 1 atom stereocenters. The van der Waals surface area contributed by atoms with Gasteiger partial charge in [0.25, 0.3) is 0 Å². The number of aryl methyl sites for hydroxylation is 1. The predicted molar refractivity (Wildman–Crippen MR) is 79.4 cm³/mol. The Kier molecular flexibility index (Phi) is 4.58. The van der Waals surface area contributed by atoms with Gasteiger partial charge in [-0.1, -0.05) is 48.0 Å². The Morgan fingerprint density at radius 1 is 1.11 bits per heavy atom. The summed E-state index contributed by atoms with van der Waals surface area (Å²) in [4.78, 5) is 0. The van der Waals surface area contributed by atoms with Crippen molar-refractivity contribution in [2.24, 2.45) is 0 Å². The van der Waals surface area contributed by atoms with E-state index < -0.39 is 0 Å². The zero-order valence-electron chi connectivity index (χ0n) is 11.8. The fourth-order valence-electron chi connectivity index (χ4n) is 2.09. The SMILES string of the molecule is CNC(C)c1ccccc1OCc1cccc(C)c1. The average Bonchev–Trinajstić information content (AvgIpc) is 2.45. The summed E-state index contributed by atoms with van der Waals surface area (Å²) in [6.45, 7) is 4.84. The van der Waals surface area contributed by atoms with Gasteiger partial charge in [0.15, 0.2) is 0 Å². The van der Waals surface area contributed by atoms with Crippen molar-refractivity contribution in [2.75, 3.05) is 7.05 Å². The molecular weight excluding hydrogens is 234 g/mol. The van der Waals surface area contributed by atoms with E-state index in [1.165, 1.54) is 16.7 Å². The zero-order chi connectivity index (χ0) is 13.7. The maximum atomic E-state index is 5.96. The van der Waals surface area contributed by atoms with E-state index in [9.17, 15) is 0 Å². The summed E-state index contributed by atoms with van der Waals surface area (Å²) in [5.74, 6) is 0.950. The van der Waals surface area contributed by atoms with Gasteiger partial charge < -0.3 is 10.1 Å². The summed E-state index contributed by atoms with van der Waals surface area (Å²) in [5.41, 5.74) is 3.66. The molecule has 2 aromatic carbocycles. The smallest absolute Gasteiger partial charge is 0.124 e. The van der Waals surface area contributed by atoms with Crippen molar-refractivity contribution in [3.05, 3.63) is 65.2 Å². The Hall–Kier alpha value is -1.80. The highest BCUT2D eigenvalue weighted by Crippen LogP contribution is 2.25. The summed E-state index contributed by atoms with van der Waals surface area (Å²) in [6, 6.07) is 16.9. The topological polar surface area (TPSA) is 21.3 Å². The van der Waals surface area contributed by atoms with Gasteiger partial charge in [0, 0.05) is 11.6 Å². The van der Waals surface area contributed by atoms with Crippen LogP contribution in [0.5, 0.6) is 5.75 Å². The summed E-state index contributed by atoms with van der Waals surface area (Å²) in [7, 11) is 1.96. The standard InChI is InChI=1S/C17H21NO/c1-13-7-6-8-15(11-13)12-19-17-10-5-4-9-16(17)14(2)18-3/h4-11,14,18H,12H2,1-3H3. The summed E-state index contributed by atoms with van der Waals surface area (Å²) in [5, 5.41) is 3.25. The Labute approximate surface area is 115 Å². The molecule has 0 fully saturated rings. The second-order valence-corrected chi connectivity index (χ2v) is 4.83. The minimum atomic E-state index is 0.286. The molecule has 0 saturated carbocycles. The van der Waals surface area contributed by atoms with E-state index >= 15 is 0 Å². The van der Waals surface area contributed by atoms with Crippen molar-refractivity contribution in [1.82, 2.24) is 5.32 Å². The van der Waals surface area contributed by atoms with Crippen molar-refractivity contribution >= 4 is 0 Å². The van der Waals surface area contributed by atoms with Crippen LogP contribution in [-0.2, 0) is 6.61 Å². The third-order valence-electron chi connectivity index (χ3n) is 3.30. The van der Waals surface area contributed by atoms with Crippen LogP contribution in [0.4, 0.5) is 0 Å². The van der Waals surface area contributed by atoms with Gasteiger partial charge in [-0.25, -0.2) is 0 Å². The van der Waals surface area contributed by atoms with E-state index in [2.05, 4.69) is 49.5 Å². The monoisotopic (exact) mass is 255 g/mol. The van der Waals surface area contributed by atoms with Crippen LogP contribution in [0.25, 0.3) is 0 Å². The number of nitrogens with one attached hydrogen (secondary N) is 1. The Morgan fingerprint density at radius 3 is 2.63 bits per heavy atom. The molecule has 2 aromatic rings. The van der Waals surface area contributed by atoms with E-state index in [4.69, 9.17) is 4.74 Å². The molecule has 0 bridgehead atoms. The number of rotatable bonds is 5. The van der Waals surface area contributed by atoms with Crippen LogP contribution in [0.1, 0.15) is 29.7 Å². The van der Waals surface area contributed by atoms with Crippen LogP contribution in [0, 0.1) is 6.92 Å². The third kappa shape index (κ3) is 3.58. The fourth-order valence-corrected chi connectivity index (χ4v) is 2.09. The maximum absolute atomic E-state index is 5.96. The molecular formula is C17H21NO. The lowest BCUT2D eigenvalue weighted by molar-refractivity contribution is 0.300. The largest absolute Gasteiger partial charge is 0.489 e. The summed E-state index contributed by atoms with van der Waals surface area (Å²) >= 11 is 0. The van der Waals surface area contributed by atoms with Gasteiger partial charge in [-0.15, -0.1) is 0 Å².